The minimum atomic E-state index is -0.555. The highest BCUT2D eigenvalue weighted by Gasteiger charge is 2.15. The van der Waals surface area contributed by atoms with Crippen LogP contribution in [-0.2, 0) is 0 Å². The van der Waals surface area contributed by atoms with Crippen LogP contribution in [0.3, 0.4) is 0 Å². The van der Waals surface area contributed by atoms with Gasteiger partial charge in [0.15, 0.2) is 0 Å². The molecule has 1 aromatic rings. The van der Waals surface area contributed by atoms with E-state index >= 15 is 0 Å². The monoisotopic (exact) mass is 232 g/mol. The summed E-state index contributed by atoms with van der Waals surface area (Å²) < 4.78 is 0. The quantitative estimate of drug-likeness (QED) is 0.560. The van der Waals surface area contributed by atoms with E-state index in [1.807, 2.05) is 18.2 Å². The van der Waals surface area contributed by atoms with Gasteiger partial charge in [0.05, 0.1) is 5.66 Å². The van der Waals surface area contributed by atoms with E-state index in [4.69, 9.17) is 11.5 Å². The molecule has 1 aromatic carbocycles. The van der Waals surface area contributed by atoms with Crippen molar-refractivity contribution in [2.24, 2.45) is 11.5 Å². The van der Waals surface area contributed by atoms with Crippen LogP contribution in [0.15, 0.2) is 36.4 Å². The number of hydrogen-bond acceptors (Lipinski definition) is 2. The molecule has 2 heteroatoms. The Morgan fingerprint density at radius 3 is 2.47 bits per heavy atom. The van der Waals surface area contributed by atoms with Crippen LogP contribution in [0.2, 0.25) is 0 Å². The van der Waals surface area contributed by atoms with E-state index < -0.39 is 5.66 Å². The first-order chi connectivity index (χ1) is 8.14. The Bertz CT molecular complexity index is 328. The molecule has 0 atom stereocenters. The molecule has 2 nitrogen and oxygen atoms in total. The van der Waals surface area contributed by atoms with E-state index in [1.165, 1.54) is 18.4 Å². The Balaban J connectivity index is 2.36. The van der Waals surface area contributed by atoms with Gasteiger partial charge in [0, 0.05) is 0 Å². The molecule has 0 saturated heterocycles. The van der Waals surface area contributed by atoms with Crippen molar-refractivity contribution in [1.29, 1.82) is 0 Å². The zero-order valence-electron chi connectivity index (χ0n) is 10.7. The van der Waals surface area contributed by atoms with Gasteiger partial charge in [-0.05, 0) is 18.4 Å². The maximum atomic E-state index is 6.05. The molecule has 0 unspecified atom stereocenters. The van der Waals surface area contributed by atoms with Gasteiger partial charge < -0.3 is 11.5 Å². The van der Waals surface area contributed by atoms with Crippen LogP contribution < -0.4 is 11.5 Å². The maximum absolute atomic E-state index is 6.05. The summed E-state index contributed by atoms with van der Waals surface area (Å²) >= 11 is 0. The molecular formula is C15H24N2. The third-order valence-electron chi connectivity index (χ3n) is 2.85. The minimum absolute atomic E-state index is 0.555. The van der Waals surface area contributed by atoms with Crippen LogP contribution in [0.25, 0.3) is 6.08 Å². The maximum Gasteiger partial charge on any atom is 0.0672 e. The first kappa shape index (κ1) is 13.9. The molecule has 0 heterocycles. The Labute approximate surface area is 105 Å². The van der Waals surface area contributed by atoms with E-state index in [0.29, 0.717) is 0 Å². The molecule has 0 fully saturated rings. The second-order valence-corrected chi connectivity index (χ2v) is 4.71. The van der Waals surface area contributed by atoms with Gasteiger partial charge in [-0.2, -0.15) is 0 Å². The third-order valence-corrected chi connectivity index (χ3v) is 2.85. The highest BCUT2D eigenvalue weighted by atomic mass is 14.9. The van der Waals surface area contributed by atoms with Crippen molar-refractivity contribution in [1.82, 2.24) is 0 Å². The summed E-state index contributed by atoms with van der Waals surface area (Å²) in [5.74, 6) is 0. The van der Waals surface area contributed by atoms with Gasteiger partial charge in [-0.15, -0.1) is 0 Å². The number of benzene rings is 1. The number of nitrogens with two attached hydrogens (primary N) is 2. The van der Waals surface area contributed by atoms with E-state index in [9.17, 15) is 0 Å². The lowest BCUT2D eigenvalue weighted by Gasteiger charge is -2.22. The topological polar surface area (TPSA) is 52.0 Å². The van der Waals surface area contributed by atoms with E-state index in [1.54, 1.807) is 0 Å². The van der Waals surface area contributed by atoms with Gasteiger partial charge in [0.1, 0.15) is 0 Å². The average molecular weight is 232 g/mol. The molecule has 1 rings (SSSR count). The van der Waals surface area contributed by atoms with Crippen molar-refractivity contribution >= 4 is 6.08 Å². The molecule has 0 aliphatic carbocycles. The Kier molecular flexibility index (Phi) is 5.95. The van der Waals surface area contributed by atoms with E-state index in [0.717, 1.165) is 19.3 Å². The summed E-state index contributed by atoms with van der Waals surface area (Å²) in [6.45, 7) is 2.18. The van der Waals surface area contributed by atoms with Crippen molar-refractivity contribution in [2.45, 2.75) is 44.7 Å². The lowest BCUT2D eigenvalue weighted by Crippen LogP contribution is -2.48. The van der Waals surface area contributed by atoms with Crippen molar-refractivity contribution in [2.75, 3.05) is 0 Å². The lowest BCUT2D eigenvalue weighted by molar-refractivity contribution is 0.394. The largest absolute Gasteiger partial charge is 0.313 e. The first-order valence-corrected chi connectivity index (χ1v) is 6.43. The molecule has 17 heavy (non-hydrogen) atoms. The standard InChI is InChI=1S/C15H24N2/c1-2-3-7-12-15(16,17)13-8-11-14-9-5-4-6-10-14/h4-6,8-11H,2-3,7,12-13,16-17H2,1H3. The van der Waals surface area contributed by atoms with Crippen LogP contribution in [0.5, 0.6) is 0 Å². The van der Waals surface area contributed by atoms with Gasteiger partial charge in [0.2, 0.25) is 0 Å². The second-order valence-electron chi connectivity index (χ2n) is 4.71. The SMILES string of the molecule is CCCCCC(N)(N)CC=Cc1ccccc1. The summed E-state index contributed by atoms with van der Waals surface area (Å²) in [4.78, 5) is 0. The molecule has 0 aliphatic rings. The highest BCUT2D eigenvalue weighted by molar-refractivity contribution is 5.48. The van der Waals surface area contributed by atoms with Gasteiger partial charge in [-0.3, -0.25) is 0 Å². The molecule has 4 N–H and O–H groups in total. The zero-order chi connectivity index (χ0) is 12.6. The summed E-state index contributed by atoms with van der Waals surface area (Å²) in [6, 6.07) is 10.2. The Hall–Kier alpha value is -1.12. The van der Waals surface area contributed by atoms with Crippen LogP contribution in [-0.4, -0.2) is 5.66 Å². The summed E-state index contributed by atoms with van der Waals surface area (Å²) in [7, 11) is 0. The average Bonchev–Trinajstić information content (AvgIpc) is 2.30. The van der Waals surface area contributed by atoms with E-state index in [2.05, 4.69) is 31.2 Å². The molecule has 0 aromatic heterocycles. The fraction of sp³-hybridized carbons (Fsp3) is 0.467. The number of unbranched alkanes of at least 4 members (excludes halogenated alkanes) is 2. The molecule has 0 aliphatic heterocycles. The fourth-order valence-corrected chi connectivity index (χ4v) is 1.78. The Morgan fingerprint density at radius 1 is 1.12 bits per heavy atom. The highest BCUT2D eigenvalue weighted by Crippen LogP contribution is 2.12. The minimum Gasteiger partial charge on any atom is -0.313 e. The van der Waals surface area contributed by atoms with Crippen molar-refractivity contribution < 1.29 is 0 Å². The summed E-state index contributed by atoms with van der Waals surface area (Å²) in [5, 5.41) is 0. The van der Waals surface area contributed by atoms with E-state index in [-0.39, 0.29) is 0 Å². The molecule has 0 amide bonds. The Morgan fingerprint density at radius 2 is 1.82 bits per heavy atom. The predicted molar refractivity (Wildman–Crippen MR) is 75.3 cm³/mol. The van der Waals surface area contributed by atoms with Gasteiger partial charge in [0.25, 0.3) is 0 Å². The van der Waals surface area contributed by atoms with Crippen LogP contribution >= 0.6 is 0 Å². The summed E-state index contributed by atoms with van der Waals surface area (Å²) in [6.07, 6.45) is 9.29. The third kappa shape index (κ3) is 6.25. The molecular weight excluding hydrogens is 208 g/mol. The lowest BCUT2D eigenvalue weighted by atomic mass is 9.99. The van der Waals surface area contributed by atoms with Gasteiger partial charge >= 0.3 is 0 Å². The molecule has 0 saturated carbocycles. The smallest absolute Gasteiger partial charge is 0.0672 e. The normalized spacial score (nSPS) is 12.2. The molecule has 94 valence electrons. The van der Waals surface area contributed by atoms with Crippen molar-refractivity contribution in [3.05, 3.63) is 42.0 Å². The second kappa shape index (κ2) is 7.25. The number of hydrogen-bond donors (Lipinski definition) is 2. The first-order valence-electron chi connectivity index (χ1n) is 6.43. The van der Waals surface area contributed by atoms with Gasteiger partial charge in [-0.25, -0.2) is 0 Å². The van der Waals surface area contributed by atoms with Crippen LogP contribution in [0.1, 0.15) is 44.6 Å². The summed E-state index contributed by atoms with van der Waals surface area (Å²) in [5.41, 5.74) is 12.7. The van der Waals surface area contributed by atoms with Crippen molar-refractivity contribution in [3.8, 4) is 0 Å². The fourth-order valence-electron chi connectivity index (χ4n) is 1.78. The molecule has 0 radical (unpaired) electrons. The van der Waals surface area contributed by atoms with Gasteiger partial charge in [-0.1, -0.05) is 68.7 Å². The number of rotatable bonds is 7. The van der Waals surface area contributed by atoms with Crippen LogP contribution in [0.4, 0.5) is 0 Å². The molecule has 0 bridgehead atoms. The zero-order valence-corrected chi connectivity index (χ0v) is 10.7. The van der Waals surface area contributed by atoms with Crippen LogP contribution in [0, 0.1) is 0 Å². The molecule has 0 spiro atoms. The van der Waals surface area contributed by atoms with Crippen molar-refractivity contribution in [3.63, 3.8) is 0 Å². The predicted octanol–water partition coefficient (Wildman–Crippen LogP) is 3.28.